The molecule has 2 aliphatic heterocycles. The van der Waals surface area contributed by atoms with Crippen LogP contribution in [0.1, 0.15) is 52.5 Å². The van der Waals surface area contributed by atoms with Crippen LogP contribution in [0.4, 0.5) is 5.69 Å². The molecule has 12 heteroatoms. The molecule has 2 amide bonds. The number of anilines is 1. The number of pyridine rings is 1. The standard InChI is InChI=1S/C33H38N6O6/c1-4-5-19-6-7-27(28(14-19)44-3)45-18-21(40)17-35-24-8-11-34-31(41)29(24)30-36-25-15-22-23(16-26(25)37-30)33(43)39(32(22)42)20-9-12-38(2)13-10-20/h6-8,11,14-16,20-21,40H,4-5,9-10,12-13,17-18H2,1-3H3,(H,36,37)(H2,34,35,41). The zero-order valence-corrected chi connectivity index (χ0v) is 25.7. The SMILES string of the molecule is CCCc1ccc(OCC(O)CNc2cc[nH]c(=O)c2-c2nc3cc4c(cc3[nH]2)C(=O)N(C2CCN(C)CC2)C4=O)c(OC)c1. The van der Waals surface area contributed by atoms with Gasteiger partial charge in [0.1, 0.15) is 24.1 Å². The number of benzene rings is 2. The minimum atomic E-state index is -0.902. The number of hydrogen-bond acceptors (Lipinski definition) is 9. The van der Waals surface area contributed by atoms with Crippen LogP contribution in [0.5, 0.6) is 11.5 Å². The molecule has 1 unspecified atom stereocenters. The number of nitrogens with zero attached hydrogens (tertiary/aromatic N) is 3. The third-order valence-electron chi connectivity index (χ3n) is 8.50. The number of carbonyl (C=O) groups is 2. The fourth-order valence-corrected chi connectivity index (χ4v) is 6.07. The van der Waals surface area contributed by atoms with Gasteiger partial charge in [-0.3, -0.25) is 19.3 Å². The number of likely N-dealkylation sites (tertiary alicyclic amines) is 1. The Morgan fingerprint density at radius 3 is 2.56 bits per heavy atom. The van der Waals surface area contributed by atoms with Gasteiger partial charge >= 0.3 is 0 Å². The number of nitrogens with one attached hydrogen (secondary N) is 3. The lowest BCUT2D eigenvalue weighted by molar-refractivity contribution is 0.0516. The number of aliphatic hydroxyl groups is 1. The van der Waals surface area contributed by atoms with Crippen molar-refractivity contribution < 1.29 is 24.2 Å². The number of imidazole rings is 1. The predicted octanol–water partition coefficient (Wildman–Crippen LogP) is 3.42. The molecule has 1 saturated heterocycles. The van der Waals surface area contributed by atoms with E-state index in [0.29, 0.717) is 39.3 Å². The highest BCUT2D eigenvalue weighted by molar-refractivity contribution is 6.23. The van der Waals surface area contributed by atoms with Crippen molar-refractivity contribution >= 4 is 28.5 Å². The molecule has 236 valence electrons. The van der Waals surface area contributed by atoms with Crippen molar-refractivity contribution in [3.05, 3.63) is 69.6 Å². The van der Waals surface area contributed by atoms with Crippen LogP contribution >= 0.6 is 0 Å². The van der Waals surface area contributed by atoms with Crippen LogP contribution in [0.15, 0.2) is 47.4 Å². The van der Waals surface area contributed by atoms with Gasteiger partial charge in [0.2, 0.25) is 0 Å². The number of methoxy groups -OCH3 is 1. The number of aryl methyl sites for hydroxylation is 1. The van der Waals surface area contributed by atoms with Crippen LogP contribution in [-0.2, 0) is 6.42 Å². The highest BCUT2D eigenvalue weighted by Crippen LogP contribution is 2.33. The largest absolute Gasteiger partial charge is 0.493 e. The number of rotatable bonds is 11. The van der Waals surface area contributed by atoms with Crippen LogP contribution in [-0.4, -0.2) is 94.2 Å². The lowest BCUT2D eigenvalue weighted by Crippen LogP contribution is -2.46. The maximum absolute atomic E-state index is 13.3. The summed E-state index contributed by atoms with van der Waals surface area (Å²) in [7, 11) is 3.61. The monoisotopic (exact) mass is 614 g/mol. The molecule has 1 atom stereocenters. The molecule has 4 N–H and O–H groups in total. The summed E-state index contributed by atoms with van der Waals surface area (Å²) < 4.78 is 11.3. The molecule has 2 aliphatic rings. The van der Waals surface area contributed by atoms with E-state index in [0.717, 1.165) is 44.3 Å². The fraction of sp³-hybridized carbons (Fsp3) is 0.394. The summed E-state index contributed by atoms with van der Waals surface area (Å²) in [5.74, 6) is 0.809. The van der Waals surface area contributed by atoms with E-state index in [1.165, 1.54) is 11.1 Å². The van der Waals surface area contributed by atoms with Crippen molar-refractivity contribution in [2.24, 2.45) is 0 Å². The van der Waals surface area contributed by atoms with Gasteiger partial charge in [-0.25, -0.2) is 4.98 Å². The van der Waals surface area contributed by atoms with Gasteiger partial charge in [-0.15, -0.1) is 0 Å². The highest BCUT2D eigenvalue weighted by atomic mass is 16.5. The van der Waals surface area contributed by atoms with Crippen molar-refractivity contribution in [3.63, 3.8) is 0 Å². The van der Waals surface area contributed by atoms with Crippen molar-refractivity contribution in [1.82, 2.24) is 24.8 Å². The van der Waals surface area contributed by atoms with Gasteiger partial charge in [0.25, 0.3) is 17.4 Å². The summed E-state index contributed by atoms with van der Waals surface area (Å²) in [6, 6.07) is 10.6. The molecular weight excluding hydrogens is 576 g/mol. The Bertz CT molecular complexity index is 1740. The van der Waals surface area contributed by atoms with E-state index in [4.69, 9.17) is 9.47 Å². The zero-order valence-electron chi connectivity index (χ0n) is 25.7. The predicted molar refractivity (Wildman–Crippen MR) is 170 cm³/mol. The Labute approximate surface area is 260 Å². The first kappa shape index (κ1) is 30.4. The Hall–Kier alpha value is -4.68. The Morgan fingerprint density at radius 2 is 1.82 bits per heavy atom. The summed E-state index contributed by atoms with van der Waals surface area (Å²) in [5, 5.41) is 13.8. The molecule has 12 nitrogen and oxygen atoms in total. The van der Waals surface area contributed by atoms with Gasteiger partial charge in [-0.2, -0.15) is 0 Å². The third kappa shape index (κ3) is 6.03. The molecule has 4 aromatic rings. The molecule has 6 rings (SSSR count). The van der Waals surface area contributed by atoms with E-state index >= 15 is 0 Å². The number of amides is 2. The maximum Gasteiger partial charge on any atom is 0.261 e. The van der Waals surface area contributed by atoms with Crippen molar-refractivity contribution in [2.45, 2.75) is 44.8 Å². The summed E-state index contributed by atoms with van der Waals surface area (Å²) in [4.78, 5) is 53.7. The van der Waals surface area contributed by atoms with Crippen molar-refractivity contribution in [2.75, 3.05) is 45.7 Å². The number of piperidine rings is 1. The van der Waals surface area contributed by atoms with Crippen molar-refractivity contribution in [1.29, 1.82) is 0 Å². The summed E-state index contributed by atoms with van der Waals surface area (Å²) in [6.07, 6.45) is 4.05. The number of H-pyrrole nitrogens is 2. The second-order valence-electron chi connectivity index (χ2n) is 11.7. The van der Waals surface area contributed by atoms with E-state index in [2.05, 4.69) is 32.1 Å². The van der Waals surface area contributed by atoms with Crippen LogP contribution in [0.2, 0.25) is 0 Å². The molecule has 45 heavy (non-hydrogen) atoms. The topological polar surface area (TPSA) is 153 Å². The van der Waals surface area contributed by atoms with Gasteiger partial charge in [0, 0.05) is 18.8 Å². The van der Waals surface area contributed by atoms with Crippen LogP contribution in [0.25, 0.3) is 22.4 Å². The Kier molecular flexibility index (Phi) is 8.59. The van der Waals surface area contributed by atoms with E-state index < -0.39 is 11.7 Å². The first-order chi connectivity index (χ1) is 21.8. The molecular formula is C33H38N6O6. The number of carbonyl (C=O) groups excluding carboxylic acids is 2. The number of fused-ring (bicyclic) bond motifs is 2. The normalized spacial score (nSPS) is 16.3. The number of imide groups is 1. The lowest BCUT2D eigenvalue weighted by atomic mass is 10.0. The van der Waals surface area contributed by atoms with Gasteiger partial charge in [0.15, 0.2) is 11.5 Å². The molecule has 0 radical (unpaired) electrons. The lowest BCUT2D eigenvalue weighted by Gasteiger charge is -2.33. The van der Waals surface area contributed by atoms with Crippen LogP contribution in [0, 0.1) is 0 Å². The smallest absolute Gasteiger partial charge is 0.261 e. The fourth-order valence-electron chi connectivity index (χ4n) is 6.07. The molecule has 4 heterocycles. The Balaban J connectivity index is 1.17. The van der Waals surface area contributed by atoms with Crippen LogP contribution in [0.3, 0.4) is 0 Å². The average molecular weight is 615 g/mol. The summed E-state index contributed by atoms with van der Waals surface area (Å²) in [5.41, 5.74) is 3.11. The second-order valence-corrected chi connectivity index (χ2v) is 11.7. The molecule has 0 aliphatic carbocycles. The molecule has 0 saturated carbocycles. The number of aromatic nitrogens is 3. The summed E-state index contributed by atoms with van der Waals surface area (Å²) >= 11 is 0. The first-order valence-electron chi connectivity index (χ1n) is 15.3. The zero-order chi connectivity index (χ0) is 31.7. The van der Waals surface area contributed by atoms with E-state index in [-0.39, 0.29) is 42.4 Å². The van der Waals surface area contributed by atoms with Crippen molar-refractivity contribution in [3.8, 4) is 22.9 Å². The van der Waals surface area contributed by atoms with E-state index in [9.17, 15) is 19.5 Å². The summed E-state index contributed by atoms with van der Waals surface area (Å²) in [6.45, 7) is 3.87. The van der Waals surface area contributed by atoms with E-state index in [1.807, 2.05) is 25.2 Å². The quantitative estimate of drug-likeness (QED) is 0.186. The van der Waals surface area contributed by atoms with Gasteiger partial charge < -0.3 is 34.8 Å². The molecule has 0 spiro atoms. The maximum atomic E-state index is 13.3. The number of aromatic amines is 2. The Morgan fingerprint density at radius 1 is 1.07 bits per heavy atom. The molecule has 2 aromatic carbocycles. The van der Waals surface area contributed by atoms with Gasteiger partial charge in [-0.05, 0) is 75.3 Å². The highest BCUT2D eigenvalue weighted by Gasteiger charge is 2.41. The van der Waals surface area contributed by atoms with E-state index in [1.54, 1.807) is 25.3 Å². The van der Waals surface area contributed by atoms with Crippen LogP contribution < -0.4 is 20.3 Å². The molecule has 1 fully saturated rings. The third-order valence-corrected chi connectivity index (χ3v) is 8.50. The molecule has 2 aromatic heterocycles. The second kappa shape index (κ2) is 12.7. The molecule has 0 bridgehead atoms. The average Bonchev–Trinajstić information content (AvgIpc) is 3.55. The van der Waals surface area contributed by atoms with Gasteiger partial charge in [0.05, 0.1) is 35.0 Å². The number of hydrogen-bond donors (Lipinski definition) is 4. The first-order valence-corrected chi connectivity index (χ1v) is 15.3. The van der Waals surface area contributed by atoms with Gasteiger partial charge in [-0.1, -0.05) is 19.4 Å². The number of aliphatic hydroxyl groups excluding tert-OH is 1. The minimum Gasteiger partial charge on any atom is -0.493 e. The number of ether oxygens (including phenoxy) is 2. The minimum absolute atomic E-state index is 0.00182.